The van der Waals surface area contributed by atoms with Gasteiger partial charge in [0.15, 0.2) is 0 Å². The minimum atomic E-state index is -0.567. The molecule has 1 atom stereocenters. The van der Waals surface area contributed by atoms with E-state index in [1.54, 1.807) is 0 Å². The molecule has 6 nitrogen and oxygen atoms in total. The van der Waals surface area contributed by atoms with E-state index in [0.717, 1.165) is 6.42 Å². The van der Waals surface area contributed by atoms with Crippen molar-refractivity contribution in [1.82, 2.24) is 0 Å². The Morgan fingerprint density at radius 1 is 1.58 bits per heavy atom. The molecular weight excluding hydrogens is 318 g/mol. The summed E-state index contributed by atoms with van der Waals surface area (Å²) in [6, 6.07) is 4.00. The van der Waals surface area contributed by atoms with Crippen LogP contribution in [0.4, 0.5) is 5.69 Å². The van der Waals surface area contributed by atoms with Crippen molar-refractivity contribution in [2.75, 3.05) is 19.8 Å². The lowest BCUT2D eigenvalue weighted by Gasteiger charge is -2.09. The van der Waals surface area contributed by atoms with Crippen LogP contribution >= 0.6 is 15.9 Å². The fourth-order valence-corrected chi connectivity index (χ4v) is 2.18. The molecule has 1 fully saturated rings. The van der Waals surface area contributed by atoms with Gasteiger partial charge >= 0.3 is 5.97 Å². The lowest BCUT2D eigenvalue weighted by atomic mass is 10.1. The van der Waals surface area contributed by atoms with Gasteiger partial charge in [0.05, 0.1) is 23.7 Å². The SMILES string of the molecule is O=C(OCC1CCOC1)c1cc([N+](=O)[O-])ccc1Br. The van der Waals surface area contributed by atoms with Crippen molar-refractivity contribution in [2.24, 2.45) is 5.92 Å². The molecule has 1 aliphatic heterocycles. The number of hydrogen-bond donors (Lipinski definition) is 0. The van der Waals surface area contributed by atoms with Gasteiger partial charge in [-0.1, -0.05) is 0 Å². The molecule has 0 aromatic heterocycles. The van der Waals surface area contributed by atoms with Crippen LogP contribution in [0.3, 0.4) is 0 Å². The number of nitrogens with zero attached hydrogens (tertiary/aromatic N) is 1. The Balaban J connectivity index is 2.04. The molecule has 1 aromatic carbocycles. The second-order valence-electron chi connectivity index (χ2n) is 4.25. The molecule has 19 heavy (non-hydrogen) atoms. The Morgan fingerprint density at radius 3 is 3.00 bits per heavy atom. The fourth-order valence-electron chi connectivity index (χ4n) is 1.77. The standard InChI is InChI=1S/C12H12BrNO5/c13-11-2-1-9(14(16)17)5-10(11)12(15)19-7-8-3-4-18-6-8/h1-2,5,8H,3-4,6-7H2. The maximum absolute atomic E-state index is 11.9. The molecule has 0 amide bonds. The van der Waals surface area contributed by atoms with Crippen molar-refractivity contribution in [3.8, 4) is 0 Å². The lowest BCUT2D eigenvalue weighted by molar-refractivity contribution is -0.384. The zero-order valence-electron chi connectivity index (χ0n) is 10.0. The van der Waals surface area contributed by atoms with Crippen LogP contribution in [0.2, 0.25) is 0 Å². The van der Waals surface area contributed by atoms with E-state index in [2.05, 4.69) is 15.9 Å². The second-order valence-corrected chi connectivity index (χ2v) is 5.10. The number of ether oxygens (including phenoxy) is 2. The molecule has 0 N–H and O–H groups in total. The first-order valence-corrected chi connectivity index (χ1v) is 6.56. The van der Waals surface area contributed by atoms with Crippen LogP contribution in [0.5, 0.6) is 0 Å². The summed E-state index contributed by atoms with van der Waals surface area (Å²) in [4.78, 5) is 22.0. The van der Waals surface area contributed by atoms with E-state index in [1.807, 2.05) is 0 Å². The van der Waals surface area contributed by atoms with Crippen LogP contribution in [0, 0.1) is 16.0 Å². The zero-order chi connectivity index (χ0) is 13.8. The zero-order valence-corrected chi connectivity index (χ0v) is 11.6. The smallest absolute Gasteiger partial charge is 0.339 e. The van der Waals surface area contributed by atoms with Crippen LogP contribution in [-0.2, 0) is 9.47 Å². The van der Waals surface area contributed by atoms with Crippen molar-refractivity contribution < 1.29 is 19.2 Å². The highest BCUT2D eigenvalue weighted by Crippen LogP contribution is 2.23. The molecule has 1 saturated heterocycles. The minimum Gasteiger partial charge on any atom is -0.462 e. The molecule has 1 heterocycles. The number of rotatable bonds is 4. The van der Waals surface area contributed by atoms with Gasteiger partial charge in [-0.05, 0) is 28.4 Å². The summed E-state index contributed by atoms with van der Waals surface area (Å²) >= 11 is 3.19. The normalized spacial score (nSPS) is 18.3. The first kappa shape index (κ1) is 14.0. The summed E-state index contributed by atoms with van der Waals surface area (Å²) in [6.45, 7) is 1.54. The highest BCUT2D eigenvalue weighted by atomic mass is 79.9. The third kappa shape index (κ3) is 3.51. The van der Waals surface area contributed by atoms with E-state index < -0.39 is 10.9 Å². The molecule has 2 rings (SSSR count). The molecule has 7 heteroatoms. The largest absolute Gasteiger partial charge is 0.462 e. The molecule has 0 spiro atoms. The number of carbonyl (C=O) groups is 1. The summed E-state index contributed by atoms with van der Waals surface area (Å²) in [5.41, 5.74) is 0.0208. The van der Waals surface area contributed by atoms with Gasteiger partial charge in [-0.3, -0.25) is 10.1 Å². The van der Waals surface area contributed by atoms with Crippen molar-refractivity contribution in [3.63, 3.8) is 0 Å². The summed E-state index contributed by atoms with van der Waals surface area (Å²) in [7, 11) is 0. The van der Waals surface area contributed by atoms with Crippen LogP contribution in [-0.4, -0.2) is 30.7 Å². The quantitative estimate of drug-likeness (QED) is 0.482. The third-order valence-corrected chi connectivity index (χ3v) is 3.55. The predicted octanol–water partition coefficient (Wildman–Crippen LogP) is 2.55. The molecule has 0 aliphatic carbocycles. The van der Waals surface area contributed by atoms with Gasteiger partial charge in [-0.25, -0.2) is 4.79 Å². The minimum absolute atomic E-state index is 0.139. The van der Waals surface area contributed by atoms with E-state index in [4.69, 9.17) is 9.47 Å². The lowest BCUT2D eigenvalue weighted by Crippen LogP contribution is -2.14. The fraction of sp³-hybridized carbons (Fsp3) is 0.417. The van der Waals surface area contributed by atoms with E-state index >= 15 is 0 Å². The molecule has 0 bridgehead atoms. The molecule has 1 aliphatic rings. The van der Waals surface area contributed by atoms with Gasteiger partial charge in [0.1, 0.15) is 0 Å². The Morgan fingerprint density at radius 2 is 2.37 bits per heavy atom. The van der Waals surface area contributed by atoms with Crippen molar-refractivity contribution >= 4 is 27.6 Å². The summed E-state index contributed by atoms with van der Waals surface area (Å²) < 4.78 is 10.8. The maximum Gasteiger partial charge on any atom is 0.339 e. The number of hydrogen-bond acceptors (Lipinski definition) is 5. The van der Waals surface area contributed by atoms with Gasteiger partial charge in [-0.2, -0.15) is 0 Å². The molecule has 102 valence electrons. The number of benzene rings is 1. The summed E-state index contributed by atoms with van der Waals surface area (Å²) in [5, 5.41) is 10.7. The van der Waals surface area contributed by atoms with Crippen LogP contribution < -0.4 is 0 Å². The summed E-state index contributed by atoms with van der Waals surface area (Å²) in [5.74, 6) is -0.358. The Labute approximate surface area is 118 Å². The molecule has 1 unspecified atom stereocenters. The number of nitro benzene ring substituents is 1. The predicted molar refractivity (Wildman–Crippen MR) is 70.0 cm³/mol. The number of non-ortho nitro benzene ring substituents is 1. The topological polar surface area (TPSA) is 78.7 Å². The van der Waals surface area contributed by atoms with Crippen molar-refractivity contribution in [3.05, 3.63) is 38.3 Å². The van der Waals surface area contributed by atoms with Gasteiger partial charge in [0.25, 0.3) is 5.69 Å². The average molecular weight is 330 g/mol. The first-order valence-electron chi connectivity index (χ1n) is 5.76. The van der Waals surface area contributed by atoms with Crippen molar-refractivity contribution in [2.45, 2.75) is 6.42 Å². The average Bonchev–Trinajstić information content (AvgIpc) is 2.89. The van der Waals surface area contributed by atoms with E-state index in [0.29, 0.717) is 17.7 Å². The van der Waals surface area contributed by atoms with Gasteiger partial charge < -0.3 is 9.47 Å². The van der Waals surface area contributed by atoms with E-state index in [-0.39, 0.29) is 23.8 Å². The van der Waals surface area contributed by atoms with Crippen LogP contribution in [0.25, 0.3) is 0 Å². The second kappa shape index (κ2) is 6.12. The highest BCUT2D eigenvalue weighted by molar-refractivity contribution is 9.10. The molecule has 0 saturated carbocycles. The first-order chi connectivity index (χ1) is 9.08. The van der Waals surface area contributed by atoms with E-state index in [1.165, 1.54) is 18.2 Å². The molecule has 1 aromatic rings. The highest BCUT2D eigenvalue weighted by Gasteiger charge is 2.20. The van der Waals surface area contributed by atoms with Crippen molar-refractivity contribution in [1.29, 1.82) is 0 Å². The number of esters is 1. The van der Waals surface area contributed by atoms with Crippen LogP contribution in [0.1, 0.15) is 16.8 Å². The maximum atomic E-state index is 11.9. The molecule has 0 radical (unpaired) electrons. The number of halogens is 1. The van der Waals surface area contributed by atoms with Gasteiger partial charge in [-0.15, -0.1) is 0 Å². The Hall–Kier alpha value is -1.47. The molecular formula is C12H12BrNO5. The van der Waals surface area contributed by atoms with Gasteiger partial charge in [0, 0.05) is 29.1 Å². The monoisotopic (exact) mass is 329 g/mol. The van der Waals surface area contributed by atoms with Crippen LogP contribution in [0.15, 0.2) is 22.7 Å². The van der Waals surface area contributed by atoms with Gasteiger partial charge in [0.2, 0.25) is 0 Å². The summed E-state index contributed by atoms with van der Waals surface area (Å²) in [6.07, 6.45) is 0.864. The number of nitro groups is 1. The van der Waals surface area contributed by atoms with E-state index in [9.17, 15) is 14.9 Å². The number of carbonyl (C=O) groups excluding carboxylic acids is 1. The third-order valence-electron chi connectivity index (χ3n) is 2.85. The Bertz CT molecular complexity index is 499. The Kier molecular flexibility index (Phi) is 4.49.